The van der Waals surface area contributed by atoms with Gasteiger partial charge in [-0.05, 0) is 33.6 Å². The lowest BCUT2D eigenvalue weighted by Crippen LogP contribution is -2.42. The Balaban J connectivity index is 4.27. The molecule has 136 valence electrons. The lowest BCUT2D eigenvalue weighted by Gasteiger charge is -2.14. The van der Waals surface area contributed by atoms with Gasteiger partial charge in [-0.15, -0.1) is 0 Å². The van der Waals surface area contributed by atoms with Gasteiger partial charge in [0.25, 0.3) is 0 Å². The first kappa shape index (κ1) is 21.6. The summed E-state index contributed by atoms with van der Waals surface area (Å²) < 4.78 is 14.3. The van der Waals surface area contributed by atoms with Crippen molar-refractivity contribution in [1.29, 1.82) is 0 Å². The van der Waals surface area contributed by atoms with Crippen LogP contribution in [0, 0.1) is 5.92 Å². The van der Waals surface area contributed by atoms with Crippen LogP contribution in [0.15, 0.2) is 12.2 Å². The number of carbonyl (C=O) groups excluding carboxylic acids is 4. The number of amides is 1. The normalized spacial score (nSPS) is 10.0. The van der Waals surface area contributed by atoms with Crippen molar-refractivity contribution in [2.45, 2.75) is 33.6 Å². The molecule has 0 heterocycles. The number of unbranched alkanes of at least 4 members (excludes halogenated alkanes) is 1. The van der Waals surface area contributed by atoms with Crippen LogP contribution in [0.5, 0.6) is 0 Å². The van der Waals surface area contributed by atoms with Gasteiger partial charge in [0, 0.05) is 12.1 Å². The maximum absolute atomic E-state index is 12.0. The van der Waals surface area contributed by atoms with E-state index in [9.17, 15) is 19.2 Å². The van der Waals surface area contributed by atoms with Crippen molar-refractivity contribution >= 4 is 23.8 Å². The van der Waals surface area contributed by atoms with Crippen molar-refractivity contribution in [1.82, 2.24) is 5.32 Å². The summed E-state index contributed by atoms with van der Waals surface area (Å²) in [5.74, 6) is -4.76. The Morgan fingerprint density at radius 2 is 1.50 bits per heavy atom. The van der Waals surface area contributed by atoms with Crippen LogP contribution in [0.4, 0.5) is 0 Å². The topological polar surface area (TPSA) is 108 Å². The van der Waals surface area contributed by atoms with E-state index >= 15 is 0 Å². The molecule has 0 spiro atoms. The second kappa shape index (κ2) is 12.1. The molecule has 0 aliphatic heterocycles. The molecule has 0 atom stereocenters. The summed E-state index contributed by atoms with van der Waals surface area (Å²) in [5, 5.41) is 2.47. The van der Waals surface area contributed by atoms with Crippen LogP contribution in [0.25, 0.3) is 0 Å². The third kappa shape index (κ3) is 8.30. The molecule has 0 aromatic rings. The Morgan fingerprint density at radius 3 is 1.96 bits per heavy atom. The van der Waals surface area contributed by atoms with E-state index in [1.807, 2.05) is 0 Å². The van der Waals surface area contributed by atoms with Crippen molar-refractivity contribution in [2.75, 3.05) is 26.4 Å². The zero-order valence-electron chi connectivity index (χ0n) is 14.4. The van der Waals surface area contributed by atoms with Crippen LogP contribution in [0.1, 0.15) is 33.6 Å². The van der Waals surface area contributed by atoms with Gasteiger partial charge >= 0.3 is 17.9 Å². The Labute approximate surface area is 141 Å². The number of esters is 3. The van der Waals surface area contributed by atoms with Gasteiger partial charge in [0.2, 0.25) is 11.8 Å². The Morgan fingerprint density at radius 1 is 0.958 bits per heavy atom. The van der Waals surface area contributed by atoms with Gasteiger partial charge in [-0.25, -0.2) is 4.79 Å². The van der Waals surface area contributed by atoms with E-state index in [2.05, 4.69) is 11.9 Å². The predicted molar refractivity (Wildman–Crippen MR) is 84.8 cm³/mol. The van der Waals surface area contributed by atoms with Crippen molar-refractivity contribution in [3.8, 4) is 0 Å². The van der Waals surface area contributed by atoms with Crippen LogP contribution in [0.2, 0.25) is 0 Å². The minimum atomic E-state index is -1.63. The Bertz CT molecular complexity index is 455. The van der Waals surface area contributed by atoms with E-state index in [1.54, 1.807) is 20.8 Å². The third-order valence-electron chi connectivity index (χ3n) is 2.76. The van der Waals surface area contributed by atoms with E-state index in [0.29, 0.717) is 18.4 Å². The second-order valence-corrected chi connectivity index (χ2v) is 4.85. The quantitative estimate of drug-likeness (QED) is 0.194. The largest absolute Gasteiger partial charge is 0.465 e. The van der Waals surface area contributed by atoms with E-state index < -0.39 is 29.7 Å². The average Bonchev–Trinajstić information content (AvgIpc) is 2.51. The van der Waals surface area contributed by atoms with Gasteiger partial charge in [0.1, 0.15) is 0 Å². The number of ether oxygens (including phenoxy) is 3. The first-order valence-corrected chi connectivity index (χ1v) is 7.78. The minimum Gasteiger partial charge on any atom is -0.465 e. The summed E-state index contributed by atoms with van der Waals surface area (Å²) in [4.78, 5) is 46.6. The lowest BCUT2D eigenvalue weighted by molar-refractivity contribution is -0.164. The van der Waals surface area contributed by atoms with Gasteiger partial charge in [0.05, 0.1) is 19.8 Å². The molecule has 0 saturated carbocycles. The summed E-state index contributed by atoms with van der Waals surface area (Å²) in [6, 6.07) is 0. The van der Waals surface area contributed by atoms with Crippen LogP contribution in [-0.2, 0) is 33.4 Å². The van der Waals surface area contributed by atoms with Crippen molar-refractivity contribution in [2.24, 2.45) is 5.92 Å². The molecule has 0 aliphatic rings. The van der Waals surface area contributed by atoms with E-state index in [1.165, 1.54) is 0 Å². The zero-order valence-corrected chi connectivity index (χ0v) is 14.4. The molecule has 8 heteroatoms. The third-order valence-corrected chi connectivity index (χ3v) is 2.76. The van der Waals surface area contributed by atoms with E-state index in [0.717, 1.165) is 0 Å². The Kier molecular flexibility index (Phi) is 10.9. The molecule has 1 amide bonds. The molecule has 0 aliphatic carbocycles. The predicted octanol–water partition coefficient (Wildman–Crippen LogP) is 0.745. The molecule has 0 saturated heterocycles. The Hall–Kier alpha value is -2.38. The van der Waals surface area contributed by atoms with Crippen molar-refractivity contribution in [3.05, 3.63) is 12.2 Å². The molecule has 0 fully saturated rings. The summed E-state index contributed by atoms with van der Waals surface area (Å²) in [5.41, 5.74) is 0.315. The fourth-order valence-electron chi connectivity index (χ4n) is 1.59. The van der Waals surface area contributed by atoms with Crippen molar-refractivity contribution in [3.63, 3.8) is 0 Å². The molecule has 0 rings (SSSR count). The monoisotopic (exact) mass is 343 g/mol. The van der Waals surface area contributed by atoms with E-state index in [-0.39, 0.29) is 26.4 Å². The molecule has 0 aromatic carbocycles. The van der Waals surface area contributed by atoms with Gasteiger partial charge in [-0.1, -0.05) is 6.58 Å². The molecule has 1 N–H and O–H groups in total. The standard InChI is InChI=1S/C16H25NO7/c1-5-22-15(20)12(16(21)23-6-2)13(18)17-9-7-8-10-24-14(19)11(3)4/h12H,3,5-10H2,1-2,4H3,(H,17,18). The fraction of sp³-hybridized carbons (Fsp3) is 0.625. The SMILES string of the molecule is C=C(C)C(=O)OCCCCNC(=O)C(C(=O)OCC)C(=O)OCC. The summed E-state index contributed by atoms with van der Waals surface area (Å²) in [7, 11) is 0. The molecular formula is C16H25NO7. The number of hydrogen-bond acceptors (Lipinski definition) is 7. The summed E-state index contributed by atoms with van der Waals surface area (Å²) in [6.45, 7) is 8.67. The number of nitrogens with one attached hydrogen (secondary N) is 1. The number of carbonyl (C=O) groups is 4. The highest BCUT2D eigenvalue weighted by atomic mass is 16.6. The summed E-state index contributed by atoms with van der Waals surface area (Å²) in [6.07, 6.45) is 1.02. The first-order valence-electron chi connectivity index (χ1n) is 7.78. The highest BCUT2D eigenvalue weighted by molar-refractivity contribution is 6.14. The van der Waals surface area contributed by atoms with Crippen LogP contribution < -0.4 is 5.32 Å². The fourth-order valence-corrected chi connectivity index (χ4v) is 1.59. The molecule has 0 aromatic heterocycles. The number of hydrogen-bond donors (Lipinski definition) is 1. The van der Waals surface area contributed by atoms with Crippen molar-refractivity contribution < 1.29 is 33.4 Å². The maximum Gasteiger partial charge on any atom is 0.333 e. The average molecular weight is 343 g/mol. The number of rotatable bonds is 11. The highest BCUT2D eigenvalue weighted by Gasteiger charge is 2.36. The van der Waals surface area contributed by atoms with Crippen LogP contribution in [-0.4, -0.2) is 50.2 Å². The van der Waals surface area contributed by atoms with Gasteiger partial charge in [0.15, 0.2) is 0 Å². The molecule has 0 radical (unpaired) electrons. The minimum absolute atomic E-state index is 0.0517. The summed E-state index contributed by atoms with van der Waals surface area (Å²) >= 11 is 0. The van der Waals surface area contributed by atoms with E-state index in [4.69, 9.17) is 14.2 Å². The van der Waals surface area contributed by atoms with Crippen LogP contribution in [0.3, 0.4) is 0 Å². The van der Waals surface area contributed by atoms with Gasteiger partial charge in [-0.2, -0.15) is 0 Å². The zero-order chi connectivity index (χ0) is 18.5. The lowest BCUT2D eigenvalue weighted by atomic mass is 10.1. The van der Waals surface area contributed by atoms with Crippen LogP contribution >= 0.6 is 0 Å². The second-order valence-electron chi connectivity index (χ2n) is 4.85. The highest BCUT2D eigenvalue weighted by Crippen LogP contribution is 2.05. The molecular weight excluding hydrogens is 318 g/mol. The van der Waals surface area contributed by atoms with Gasteiger partial charge in [-0.3, -0.25) is 14.4 Å². The first-order chi connectivity index (χ1) is 11.3. The maximum atomic E-state index is 12.0. The molecule has 0 bridgehead atoms. The molecule has 24 heavy (non-hydrogen) atoms. The van der Waals surface area contributed by atoms with Gasteiger partial charge < -0.3 is 19.5 Å². The molecule has 8 nitrogen and oxygen atoms in total. The smallest absolute Gasteiger partial charge is 0.333 e. The molecule has 0 unspecified atom stereocenters.